The molecule has 0 heterocycles. The average Bonchev–Trinajstić information content (AvgIpc) is 2.67. The van der Waals surface area contributed by atoms with E-state index in [0.717, 1.165) is 6.42 Å². The van der Waals surface area contributed by atoms with Gasteiger partial charge in [-0.25, -0.2) is 4.39 Å². The number of amides is 1. The molecule has 1 amide bonds. The highest BCUT2D eigenvalue weighted by molar-refractivity contribution is 5.75. The lowest BCUT2D eigenvalue weighted by Gasteiger charge is -2.25. The fourth-order valence-electron chi connectivity index (χ4n) is 2.85. The molecule has 0 spiro atoms. The van der Waals surface area contributed by atoms with Gasteiger partial charge in [0.1, 0.15) is 0 Å². The van der Waals surface area contributed by atoms with Crippen molar-refractivity contribution in [3.8, 4) is 5.75 Å². The van der Waals surface area contributed by atoms with Crippen molar-refractivity contribution >= 4 is 5.91 Å². The van der Waals surface area contributed by atoms with Crippen LogP contribution in [0.15, 0.2) is 48.5 Å². The molecule has 0 fully saturated rings. The number of halogens is 1. The summed E-state index contributed by atoms with van der Waals surface area (Å²) in [5.41, 5.74) is 2.48. The summed E-state index contributed by atoms with van der Waals surface area (Å²) in [5.74, 6) is -0.185. The van der Waals surface area contributed by atoms with Gasteiger partial charge in [0.25, 0.3) is 0 Å². The van der Waals surface area contributed by atoms with Crippen molar-refractivity contribution in [2.24, 2.45) is 0 Å². The van der Waals surface area contributed by atoms with E-state index < -0.39 is 0 Å². The van der Waals surface area contributed by atoms with Crippen molar-refractivity contribution in [3.63, 3.8) is 0 Å². The van der Waals surface area contributed by atoms with Crippen molar-refractivity contribution in [1.82, 2.24) is 10.2 Å². The maximum atomic E-state index is 13.5. The van der Waals surface area contributed by atoms with Crippen LogP contribution >= 0.6 is 0 Å². The Kier molecular flexibility index (Phi) is 8.27. The molecule has 2 aromatic rings. The quantitative estimate of drug-likeness (QED) is 0.642. The first kappa shape index (κ1) is 20.9. The number of rotatable bonds is 10. The van der Waals surface area contributed by atoms with Crippen LogP contribution in [0.2, 0.25) is 0 Å². The van der Waals surface area contributed by atoms with Gasteiger partial charge in [-0.1, -0.05) is 43.3 Å². The maximum absolute atomic E-state index is 13.5. The first-order chi connectivity index (χ1) is 13.0. The van der Waals surface area contributed by atoms with E-state index in [4.69, 9.17) is 4.74 Å². The largest absolute Gasteiger partial charge is 0.491 e. The highest BCUT2D eigenvalue weighted by Crippen LogP contribution is 2.19. The van der Waals surface area contributed by atoms with Gasteiger partial charge in [-0.2, -0.15) is 0 Å². The highest BCUT2D eigenvalue weighted by Gasteiger charge is 2.15. The van der Waals surface area contributed by atoms with E-state index in [1.54, 1.807) is 18.2 Å². The van der Waals surface area contributed by atoms with Gasteiger partial charge in [0.2, 0.25) is 5.91 Å². The zero-order valence-electron chi connectivity index (χ0n) is 16.4. The topological polar surface area (TPSA) is 41.6 Å². The molecule has 146 valence electrons. The smallest absolute Gasteiger partial charge is 0.220 e. The maximum Gasteiger partial charge on any atom is 0.220 e. The summed E-state index contributed by atoms with van der Waals surface area (Å²) in [4.78, 5) is 14.2. The van der Waals surface area contributed by atoms with Gasteiger partial charge in [-0.3, -0.25) is 4.79 Å². The number of nitrogens with zero attached hydrogens (tertiary/aromatic N) is 1. The number of benzene rings is 2. The van der Waals surface area contributed by atoms with Crippen LogP contribution in [0.5, 0.6) is 5.75 Å². The minimum Gasteiger partial charge on any atom is -0.491 e. The fraction of sp³-hybridized carbons (Fsp3) is 0.409. The Bertz CT molecular complexity index is 717. The van der Waals surface area contributed by atoms with Gasteiger partial charge in [0.05, 0.1) is 12.6 Å². The second-order valence-electron chi connectivity index (χ2n) is 6.76. The SMILES string of the molecule is CCc1ccc(C(CNC(=O)CCCOc2ccccc2F)N(C)C)cc1. The third kappa shape index (κ3) is 6.68. The Labute approximate surface area is 161 Å². The summed E-state index contributed by atoms with van der Waals surface area (Å²) in [6.07, 6.45) is 1.90. The molecule has 0 aliphatic rings. The number of ether oxygens (including phenoxy) is 1. The van der Waals surface area contributed by atoms with Crippen LogP contribution in [0.25, 0.3) is 0 Å². The minimum atomic E-state index is -0.384. The van der Waals surface area contributed by atoms with Crippen molar-refractivity contribution < 1.29 is 13.9 Å². The van der Waals surface area contributed by atoms with E-state index in [2.05, 4.69) is 41.4 Å². The van der Waals surface area contributed by atoms with E-state index in [9.17, 15) is 9.18 Å². The summed E-state index contributed by atoms with van der Waals surface area (Å²) in [5, 5.41) is 2.99. The zero-order valence-corrected chi connectivity index (χ0v) is 16.4. The monoisotopic (exact) mass is 372 g/mol. The van der Waals surface area contributed by atoms with E-state index >= 15 is 0 Å². The van der Waals surface area contributed by atoms with Crippen molar-refractivity contribution in [2.75, 3.05) is 27.2 Å². The number of nitrogens with one attached hydrogen (secondary N) is 1. The van der Waals surface area contributed by atoms with Crippen LogP contribution in [-0.4, -0.2) is 38.1 Å². The van der Waals surface area contributed by atoms with E-state index in [1.165, 1.54) is 17.2 Å². The first-order valence-electron chi connectivity index (χ1n) is 9.40. The van der Waals surface area contributed by atoms with Gasteiger partial charge in [-0.15, -0.1) is 0 Å². The molecule has 0 radical (unpaired) electrons. The molecule has 0 saturated heterocycles. The predicted octanol–water partition coefficient (Wildman–Crippen LogP) is 3.97. The summed E-state index contributed by atoms with van der Waals surface area (Å²) < 4.78 is 18.8. The van der Waals surface area contributed by atoms with E-state index in [1.807, 2.05) is 14.1 Å². The number of carbonyl (C=O) groups excluding carboxylic acids is 1. The van der Waals surface area contributed by atoms with Crippen LogP contribution in [0.4, 0.5) is 4.39 Å². The normalized spacial score (nSPS) is 12.0. The number of para-hydroxylation sites is 1. The number of aryl methyl sites for hydroxylation is 1. The van der Waals surface area contributed by atoms with Crippen LogP contribution < -0.4 is 10.1 Å². The summed E-state index contributed by atoms with van der Waals surface area (Å²) in [6, 6.07) is 14.9. The molecule has 1 unspecified atom stereocenters. The van der Waals surface area contributed by atoms with Crippen LogP contribution in [0, 0.1) is 5.82 Å². The number of hydrogen-bond acceptors (Lipinski definition) is 3. The molecule has 4 nitrogen and oxygen atoms in total. The lowest BCUT2D eigenvalue weighted by atomic mass is 10.0. The van der Waals surface area contributed by atoms with Gasteiger partial charge in [0, 0.05) is 13.0 Å². The minimum absolute atomic E-state index is 0.0239. The van der Waals surface area contributed by atoms with Crippen molar-refractivity contribution in [2.45, 2.75) is 32.2 Å². The fourth-order valence-corrected chi connectivity index (χ4v) is 2.85. The van der Waals surface area contributed by atoms with E-state index in [0.29, 0.717) is 26.0 Å². The molecular weight excluding hydrogens is 343 g/mol. The molecule has 2 aromatic carbocycles. The summed E-state index contributed by atoms with van der Waals surface area (Å²) >= 11 is 0. The molecule has 0 bridgehead atoms. The van der Waals surface area contributed by atoms with Crippen molar-refractivity contribution in [3.05, 3.63) is 65.5 Å². The van der Waals surface area contributed by atoms with Crippen molar-refractivity contribution in [1.29, 1.82) is 0 Å². The number of hydrogen-bond donors (Lipinski definition) is 1. The number of carbonyl (C=O) groups is 1. The molecule has 0 saturated carbocycles. The molecule has 0 aliphatic carbocycles. The lowest BCUT2D eigenvalue weighted by molar-refractivity contribution is -0.121. The second kappa shape index (κ2) is 10.7. The Hall–Kier alpha value is -2.40. The van der Waals surface area contributed by atoms with Gasteiger partial charge < -0.3 is 15.0 Å². The van der Waals surface area contributed by atoms with Gasteiger partial charge >= 0.3 is 0 Å². The number of likely N-dealkylation sites (N-methyl/N-ethyl adjacent to an activating group) is 1. The zero-order chi connectivity index (χ0) is 19.6. The Morgan fingerprint density at radius 3 is 2.48 bits per heavy atom. The predicted molar refractivity (Wildman–Crippen MR) is 106 cm³/mol. The van der Waals surface area contributed by atoms with E-state index in [-0.39, 0.29) is 23.5 Å². The molecule has 1 N–H and O–H groups in total. The van der Waals surface area contributed by atoms with Crippen LogP contribution in [0.3, 0.4) is 0 Å². The average molecular weight is 372 g/mol. The molecule has 27 heavy (non-hydrogen) atoms. The Balaban J connectivity index is 1.75. The molecule has 0 aromatic heterocycles. The van der Waals surface area contributed by atoms with Gasteiger partial charge in [-0.05, 0) is 50.2 Å². The Morgan fingerprint density at radius 2 is 1.85 bits per heavy atom. The van der Waals surface area contributed by atoms with Crippen LogP contribution in [0.1, 0.15) is 36.9 Å². The molecule has 5 heteroatoms. The van der Waals surface area contributed by atoms with Gasteiger partial charge in [0.15, 0.2) is 11.6 Å². The lowest BCUT2D eigenvalue weighted by Crippen LogP contribution is -2.34. The third-order valence-corrected chi connectivity index (χ3v) is 4.53. The molecule has 0 aliphatic heterocycles. The standard InChI is InChI=1S/C22H29FN2O2/c1-4-17-11-13-18(14-12-17)20(25(2)3)16-24-22(26)10-7-15-27-21-9-6-5-8-19(21)23/h5-6,8-9,11-14,20H,4,7,10,15-16H2,1-3H3,(H,24,26). The summed E-state index contributed by atoms with van der Waals surface area (Å²) in [7, 11) is 4.01. The highest BCUT2D eigenvalue weighted by atomic mass is 19.1. The first-order valence-corrected chi connectivity index (χ1v) is 9.40. The summed E-state index contributed by atoms with van der Waals surface area (Å²) in [6.45, 7) is 2.99. The molecule has 2 rings (SSSR count). The molecule has 1 atom stereocenters. The second-order valence-corrected chi connectivity index (χ2v) is 6.76. The molecular formula is C22H29FN2O2. The third-order valence-electron chi connectivity index (χ3n) is 4.53. The van der Waals surface area contributed by atoms with Crippen LogP contribution in [-0.2, 0) is 11.2 Å². The Morgan fingerprint density at radius 1 is 1.15 bits per heavy atom.